The van der Waals surface area contributed by atoms with Crippen molar-refractivity contribution >= 4 is 27.3 Å². The minimum Gasteiger partial charge on any atom is -0.334 e. The summed E-state index contributed by atoms with van der Waals surface area (Å²) in [6.07, 6.45) is 0.240. The average molecular weight is 303 g/mol. The van der Waals surface area contributed by atoms with Gasteiger partial charge in [0.1, 0.15) is 0 Å². The van der Waals surface area contributed by atoms with E-state index in [2.05, 4.69) is 4.98 Å². The van der Waals surface area contributed by atoms with Crippen LogP contribution < -0.4 is 5.14 Å². The number of rotatable bonds is 4. The Bertz CT molecular complexity index is 582. The first-order valence-electron chi connectivity index (χ1n) is 5.98. The Morgan fingerprint density at radius 3 is 2.84 bits per heavy atom. The van der Waals surface area contributed by atoms with Gasteiger partial charge in [0.05, 0.1) is 22.5 Å². The second-order valence-electron chi connectivity index (χ2n) is 4.91. The van der Waals surface area contributed by atoms with Crippen LogP contribution in [0.2, 0.25) is 0 Å². The lowest BCUT2D eigenvalue weighted by atomic mass is 10.1. The smallest absolute Gasteiger partial charge is 0.223 e. The summed E-state index contributed by atoms with van der Waals surface area (Å²) in [7, 11) is -3.53. The number of aryl methyl sites for hydroxylation is 1. The Balaban J connectivity index is 2.08. The van der Waals surface area contributed by atoms with Gasteiger partial charge in [-0.1, -0.05) is 0 Å². The van der Waals surface area contributed by atoms with Gasteiger partial charge in [-0.05, 0) is 13.8 Å². The van der Waals surface area contributed by atoms with Crippen molar-refractivity contribution in [3.05, 3.63) is 16.1 Å². The number of likely N-dealkylation sites (tertiary alicyclic amines) is 1. The lowest BCUT2D eigenvalue weighted by Crippen LogP contribution is -2.30. The number of primary sulfonamides is 1. The number of nitrogens with two attached hydrogens (primary N) is 1. The van der Waals surface area contributed by atoms with Gasteiger partial charge in [-0.2, -0.15) is 0 Å². The molecule has 2 unspecified atom stereocenters. The van der Waals surface area contributed by atoms with Crippen molar-refractivity contribution < 1.29 is 13.2 Å². The highest BCUT2D eigenvalue weighted by Crippen LogP contribution is 2.29. The summed E-state index contributed by atoms with van der Waals surface area (Å²) >= 11 is 1.54. The number of hydrogen-bond acceptors (Lipinski definition) is 5. The largest absolute Gasteiger partial charge is 0.334 e. The van der Waals surface area contributed by atoms with Crippen molar-refractivity contribution in [3.8, 4) is 0 Å². The van der Waals surface area contributed by atoms with Gasteiger partial charge in [-0.3, -0.25) is 4.79 Å². The normalized spacial score (nSPS) is 21.9. The third kappa shape index (κ3) is 3.52. The SMILES string of the molecule is Cc1nc(C(C)N2CC(CS(N)(=O)=O)CC2=O)cs1. The zero-order chi connectivity index (χ0) is 14.2. The molecule has 1 fully saturated rings. The molecular formula is C11H17N3O3S2. The maximum absolute atomic E-state index is 12.0. The zero-order valence-electron chi connectivity index (χ0n) is 10.9. The van der Waals surface area contributed by atoms with Crippen LogP contribution in [0.5, 0.6) is 0 Å². The van der Waals surface area contributed by atoms with Gasteiger partial charge in [0.2, 0.25) is 15.9 Å². The predicted molar refractivity (Wildman–Crippen MR) is 73.1 cm³/mol. The molecule has 0 aromatic carbocycles. The number of amides is 1. The fourth-order valence-corrected chi connectivity index (χ4v) is 3.93. The lowest BCUT2D eigenvalue weighted by Gasteiger charge is -2.23. The molecule has 1 amide bonds. The van der Waals surface area contributed by atoms with Crippen LogP contribution in [-0.4, -0.2) is 36.5 Å². The zero-order valence-corrected chi connectivity index (χ0v) is 12.5. The van der Waals surface area contributed by atoms with E-state index in [0.717, 1.165) is 10.7 Å². The van der Waals surface area contributed by atoms with Crippen LogP contribution in [0.4, 0.5) is 0 Å². The highest BCUT2D eigenvalue weighted by Gasteiger charge is 2.35. The van der Waals surface area contributed by atoms with E-state index < -0.39 is 10.0 Å². The number of aromatic nitrogens is 1. The van der Waals surface area contributed by atoms with Gasteiger partial charge < -0.3 is 4.90 Å². The van der Waals surface area contributed by atoms with Crippen LogP contribution >= 0.6 is 11.3 Å². The number of nitrogens with zero attached hydrogens (tertiary/aromatic N) is 2. The molecule has 1 aliphatic heterocycles. The van der Waals surface area contributed by atoms with Crippen molar-refractivity contribution in [1.82, 2.24) is 9.88 Å². The summed E-state index contributed by atoms with van der Waals surface area (Å²) in [6, 6.07) is -0.122. The second kappa shape index (κ2) is 5.18. The minimum absolute atomic E-state index is 0.0354. The minimum atomic E-state index is -3.53. The number of carbonyl (C=O) groups excluding carboxylic acids is 1. The van der Waals surface area contributed by atoms with Crippen LogP contribution in [-0.2, 0) is 14.8 Å². The van der Waals surface area contributed by atoms with Gasteiger partial charge in [0.25, 0.3) is 0 Å². The summed E-state index contributed by atoms with van der Waals surface area (Å²) in [5, 5.41) is 7.91. The summed E-state index contributed by atoms with van der Waals surface area (Å²) in [6.45, 7) is 4.25. The molecular weight excluding hydrogens is 286 g/mol. The summed E-state index contributed by atoms with van der Waals surface area (Å²) in [5.41, 5.74) is 0.854. The van der Waals surface area contributed by atoms with Crippen molar-refractivity contribution in [2.75, 3.05) is 12.3 Å². The maximum Gasteiger partial charge on any atom is 0.223 e. The van der Waals surface area contributed by atoms with E-state index in [0.29, 0.717) is 6.54 Å². The Hall–Kier alpha value is -0.990. The van der Waals surface area contributed by atoms with Gasteiger partial charge in [-0.25, -0.2) is 18.5 Å². The van der Waals surface area contributed by atoms with Crippen LogP contribution in [0.25, 0.3) is 0 Å². The van der Waals surface area contributed by atoms with E-state index in [9.17, 15) is 13.2 Å². The molecule has 2 rings (SSSR count). The third-order valence-corrected chi connectivity index (χ3v) is 4.97. The fourth-order valence-electron chi connectivity index (χ4n) is 2.35. The number of thiazole rings is 1. The molecule has 106 valence electrons. The molecule has 19 heavy (non-hydrogen) atoms. The summed E-state index contributed by atoms with van der Waals surface area (Å²) < 4.78 is 22.2. The first-order valence-corrected chi connectivity index (χ1v) is 8.57. The summed E-state index contributed by atoms with van der Waals surface area (Å²) in [5.74, 6) is -0.394. The predicted octanol–water partition coefficient (Wildman–Crippen LogP) is 0.650. The third-order valence-electron chi connectivity index (χ3n) is 3.24. The molecule has 0 bridgehead atoms. The molecule has 0 radical (unpaired) electrons. The quantitative estimate of drug-likeness (QED) is 0.883. The first kappa shape index (κ1) is 14.4. The van der Waals surface area contributed by atoms with Crippen LogP contribution in [0.3, 0.4) is 0 Å². The van der Waals surface area contributed by atoms with E-state index >= 15 is 0 Å². The number of sulfonamides is 1. The summed E-state index contributed by atoms with van der Waals surface area (Å²) in [4.78, 5) is 18.0. The van der Waals surface area contributed by atoms with Crippen molar-refractivity contribution in [2.45, 2.75) is 26.3 Å². The molecule has 1 aromatic heterocycles. The van der Waals surface area contributed by atoms with E-state index in [1.807, 2.05) is 19.2 Å². The van der Waals surface area contributed by atoms with Crippen molar-refractivity contribution in [2.24, 2.45) is 11.1 Å². The molecule has 0 saturated carbocycles. The molecule has 0 spiro atoms. The van der Waals surface area contributed by atoms with Gasteiger partial charge in [0.15, 0.2) is 0 Å². The van der Waals surface area contributed by atoms with E-state index in [1.165, 1.54) is 11.3 Å². The second-order valence-corrected chi connectivity index (χ2v) is 7.63. The first-order chi connectivity index (χ1) is 8.76. The number of hydrogen-bond donors (Lipinski definition) is 1. The van der Waals surface area contributed by atoms with Crippen LogP contribution in [0, 0.1) is 12.8 Å². The molecule has 6 nitrogen and oxygen atoms in total. The van der Waals surface area contributed by atoms with Crippen LogP contribution in [0.1, 0.15) is 30.1 Å². The Labute approximate surface area is 116 Å². The topological polar surface area (TPSA) is 93.4 Å². The molecule has 0 aliphatic carbocycles. The lowest BCUT2D eigenvalue weighted by molar-refractivity contribution is -0.129. The number of carbonyl (C=O) groups is 1. The van der Waals surface area contributed by atoms with Gasteiger partial charge >= 0.3 is 0 Å². The molecule has 2 atom stereocenters. The molecule has 1 aliphatic rings. The van der Waals surface area contributed by atoms with E-state index in [1.54, 1.807) is 4.90 Å². The average Bonchev–Trinajstić information content (AvgIpc) is 2.82. The fraction of sp³-hybridized carbons (Fsp3) is 0.636. The van der Waals surface area contributed by atoms with E-state index in [4.69, 9.17) is 5.14 Å². The monoisotopic (exact) mass is 303 g/mol. The van der Waals surface area contributed by atoms with Gasteiger partial charge in [-0.15, -0.1) is 11.3 Å². The van der Waals surface area contributed by atoms with Gasteiger partial charge in [0, 0.05) is 24.3 Å². The Kier molecular flexibility index (Phi) is 3.93. The van der Waals surface area contributed by atoms with Crippen LogP contribution in [0.15, 0.2) is 5.38 Å². The molecule has 8 heteroatoms. The Morgan fingerprint density at radius 1 is 1.63 bits per heavy atom. The van der Waals surface area contributed by atoms with Crippen molar-refractivity contribution in [3.63, 3.8) is 0 Å². The highest BCUT2D eigenvalue weighted by molar-refractivity contribution is 7.89. The molecule has 1 aromatic rings. The Morgan fingerprint density at radius 2 is 2.32 bits per heavy atom. The van der Waals surface area contributed by atoms with E-state index in [-0.39, 0.29) is 30.0 Å². The highest BCUT2D eigenvalue weighted by atomic mass is 32.2. The molecule has 1 saturated heterocycles. The molecule has 2 heterocycles. The standard InChI is InChI=1S/C11H17N3O3S2/c1-7(10-5-18-8(2)13-10)14-4-9(3-11(14)15)6-19(12,16)17/h5,7,9H,3-4,6H2,1-2H3,(H2,12,16,17). The molecule has 2 N–H and O–H groups in total. The van der Waals surface area contributed by atoms with Crippen molar-refractivity contribution in [1.29, 1.82) is 0 Å². The maximum atomic E-state index is 12.0.